The van der Waals surface area contributed by atoms with Gasteiger partial charge in [0.1, 0.15) is 5.82 Å². The Kier molecular flexibility index (Phi) is 5.02. The Morgan fingerprint density at radius 3 is 2.32 bits per heavy atom. The van der Waals surface area contributed by atoms with Gasteiger partial charge >= 0.3 is 0 Å². The van der Waals surface area contributed by atoms with Crippen molar-refractivity contribution in [2.45, 2.75) is 24.3 Å². The standard InChI is InChI=1S/C14H17N3.2ClH/c1-17-10-9-16-13(17)12(15)14(7-8-14)11-5-3-2-4-6-11;;/h2-6,9-10,12H,7-8,15H2,1H3;2*1H. The van der Waals surface area contributed by atoms with Gasteiger partial charge in [-0.15, -0.1) is 24.8 Å². The van der Waals surface area contributed by atoms with E-state index in [0.29, 0.717) is 0 Å². The molecule has 0 saturated heterocycles. The van der Waals surface area contributed by atoms with Crippen molar-refractivity contribution < 1.29 is 0 Å². The molecule has 1 heterocycles. The van der Waals surface area contributed by atoms with E-state index >= 15 is 0 Å². The summed E-state index contributed by atoms with van der Waals surface area (Å²) < 4.78 is 2.02. The van der Waals surface area contributed by atoms with Crippen molar-refractivity contribution >= 4 is 24.8 Å². The Morgan fingerprint density at radius 2 is 1.84 bits per heavy atom. The molecule has 1 aromatic carbocycles. The SMILES string of the molecule is Cl.Cl.Cn1ccnc1C(N)C1(c2ccccc2)CC1. The molecule has 3 rings (SSSR count). The maximum Gasteiger partial charge on any atom is 0.126 e. The highest BCUT2D eigenvalue weighted by Crippen LogP contribution is 2.55. The van der Waals surface area contributed by atoms with Crippen molar-refractivity contribution in [1.29, 1.82) is 0 Å². The lowest BCUT2D eigenvalue weighted by molar-refractivity contribution is 0.500. The molecule has 19 heavy (non-hydrogen) atoms. The average molecular weight is 300 g/mol. The number of nitrogens with two attached hydrogens (primary N) is 1. The van der Waals surface area contributed by atoms with Crippen LogP contribution in [0.15, 0.2) is 42.7 Å². The van der Waals surface area contributed by atoms with Gasteiger partial charge in [0.05, 0.1) is 6.04 Å². The van der Waals surface area contributed by atoms with Gasteiger partial charge in [-0.3, -0.25) is 0 Å². The van der Waals surface area contributed by atoms with Gasteiger partial charge in [-0.1, -0.05) is 30.3 Å². The Hall–Kier alpha value is -1.03. The van der Waals surface area contributed by atoms with Crippen LogP contribution in [0.3, 0.4) is 0 Å². The fourth-order valence-corrected chi connectivity index (χ4v) is 2.61. The van der Waals surface area contributed by atoms with Crippen molar-refractivity contribution in [2.75, 3.05) is 0 Å². The Balaban J connectivity index is 0.000000902. The first-order valence-corrected chi connectivity index (χ1v) is 6.02. The summed E-state index contributed by atoms with van der Waals surface area (Å²) in [7, 11) is 2.00. The van der Waals surface area contributed by atoms with Crippen molar-refractivity contribution in [2.24, 2.45) is 12.8 Å². The summed E-state index contributed by atoms with van der Waals surface area (Å²) in [6, 6.07) is 10.6. The lowest BCUT2D eigenvalue weighted by Crippen LogP contribution is -2.28. The first kappa shape index (κ1) is 16.0. The molecule has 0 spiro atoms. The maximum absolute atomic E-state index is 6.43. The van der Waals surface area contributed by atoms with E-state index in [1.54, 1.807) is 0 Å². The highest BCUT2D eigenvalue weighted by atomic mass is 35.5. The lowest BCUT2D eigenvalue weighted by Gasteiger charge is -2.23. The quantitative estimate of drug-likeness (QED) is 0.947. The van der Waals surface area contributed by atoms with Crippen LogP contribution in [-0.4, -0.2) is 9.55 Å². The number of benzene rings is 1. The molecular weight excluding hydrogens is 281 g/mol. The normalized spacial score (nSPS) is 16.9. The van der Waals surface area contributed by atoms with Crippen molar-refractivity contribution in [3.05, 3.63) is 54.1 Å². The minimum Gasteiger partial charge on any atom is -0.337 e. The largest absolute Gasteiger partial charge is 0.337 e. The molecule has 0 aliphatic heterocycles. The molecule has 1 atom stereocenters. The molecule has 1 aliphatic carbocycles. The molecular formula is C14H19Cl2N3. The number of hydrogen-bond donors (Lipinski definition) is 1. The van der Waals surface area contributed by atoms with Crippen LogP contribution >= 0.6 is 24.8 Å². The van der Waals surface area contributed by atoms with E-state index in [1.807, 2.05) is 30.1 Å². The van der Waals surface area contributed by atoms with Gasteiger partial charge in [0.15, 0.2) is 0 Å². The van der Waals surface area contributed by atoms with E-state index in [9.17, 15) is 0 Å². The van der Waals surface area contributed by atoms with E-state index in [1.165, 1.54) is 5.56 Å². The Bertz CT molecular complexity index is 520. The molecule has 1 saturated carbocycles. The summed E-state index contributed by atoms with van der Waals surface area (Å²) in [5.41, 5.74) is 7.88. The Morgan fingerprint density at radius 1 is 1.21 bits per heavy atom. The number of nitrogens with zero attached hydrogens (tertiary/aromatic N) is 2. The molecule has 5 heteroatoms. The molecule has 1 fully saturated rings. The minimum absolute atomic E-state index is 0. The van der Waals surface area contributed by atoms with Crippen molar-refractivity contribution in [3.8, 4) is 0 Å². The zero-order chi connectivity index (χ0) is 11.9. The number of aryl methyl sites for hydroxylation is 1. The first-order valence-electron chi connectivity index (χ1n) is 6.02. The average Bonchev–Trinajstić information content (AvgIpc) is 3.07. The summed E-state index contributed by atoms with van der Waals surface area (Å²) in [5.74, 6) is 0.978. The minimum atomic E-state index is -0.00935. The van der Waals surface area contributed by atoms with E-state index in [2.05, 4.69) is 29.2 Å². The second kappa shape index (κ2) is 5.95. The number of halogens is 2. The van der Waals surface area contributed by atoms with Gasteiger partial charge in [0.25, 0.3) is 0 Å². The second-order valence-electron chi connectivity index (χ2n) is 4.90. The Labute approximate surface area is 126 Å². The van der Waals surface area contributed by atoms with Crippen molar-refractivity contribution in [3.63, 3.8) is 0 Å². The highest BCUT2D eigenvalue weighted by Gasteiger charge is 2.50. The number of hydrogen-bond acceptors (Lipinski definition) is 2. The van der Waals surface area contributed by atoms with Gasteiger partial charge in [0, 0.05) is 24.9 Å². The zero-order valence-electron chi connectivity index (χ0n) is 10.8. The summed E-state index contributed by atoms with van der Waals surface area (Å²) in [6.07, 6.45) is 6.09. The molecule has 3 nitrogen and oxygen atoms in total. The lowest BCUT2D eigenvalue weighted by atomic mass is 9.88. The van der Waals surface area contributed by atoms with Crippen LogP contribution in [0.1, 0.15) is 30.3 Å². The molecule has 1 unspecified atom stereocenters. The molecule has 2 aromatic rings. The molecule has 104 valence electrons. The fourth-order valence-electron chi connectivity index (χ4n) is 2.61. The highest BCUT2D eigenvalue weighted by molar-refractivity contribution is 5.85. The van der Waals surface area contributed by atoms with Gasteiger partial charge in [0.2, 0.25) is 0 Å². The van der Waals surface area contributed by atoms with Crippen LogP contribution in [0.5, 0.6) is 0 Å². The van der Waals surface area contributed by atoms with Gasteiger partial charge in [-0.2, -0.15) is 0 Å². The van der Waals surface area contributed by atoms with Gasteiger partial charge in [-0.25, -0.2) is 4.98 Å². The van der Waals surface area contributed by atoms with Crippen molar-refractivity contribution in [1.82, 2.24) is 9.55 Å². The molecule has 0 amide bonds. The molecule has 1 aromatic heterocycles. The smallest absolute Gasteiger partial charge is 0.126 e. The van der Waals surface area contributed by atoms with E-state index in [0.717, 1.165) is 18.7 Å². The second-order valence-corrected chi connectivity index (χ2v) is 4.90. The summed E-state index contributed by atoms with van der Waals surface area (Å²) in [6.45, 7) is 0. The molecule has 2 N–H and O–H groups in total. The predicted octanol–water partition coefficient (Wildman–Crippen LogP) is 3.00. The van der Waals surface area contributed by atoms with Crippen LogP contribution in [0.4, 0.5) is 0 Å². The summed E-state index contributed by atoms with van der Waals surface area (Å²) >= 11 is 0. The topological polar surface area (TPSA) is 43.8 Å². The van der Waals surface area contributed by atoms with Gasteiger partial charge in [-0.05, 0) is 18.4 Å². The maximum atomic E-state index is 6.43. The third-order valence-corrected chi connectivity index (χ3v) is 3.87. The van der Waals surface area contributed by atoms with Crippen LogP contribution in [-0.2, 0) is 12.5 Å². The van der Waals surface area contributed by atoms with Crippen LogP contribution in [0.2, 0.25) is 0 Å². The monoisotopic (exact) mass is 299 g/mol. The van der Waals surface area contributed by atoms with Crippen LogP contribution in [0.25, 0.3) is 0 Å². The third-order valence-electron chi connectivity index (χ3n) is 3.87. The number of aromatic nitrogens is 2. The third kappa shape index (κ3) is 2.64. The zero-order valence-corrected chi connectivity index (χ0v) is 12.5. The van der Waals surface area contributed by atoms with E-state index < -0.39 is 0 Å². The number of rotatable bonds is 3. The summed E-state index contributed by atoms with van der Waals surface area (Å²) in [4.78, 5) is 4.39. The van der Waals surface area contributed by atoms with E-state index in [-0.39, 0.29) is 36.3 Å². The first-order chi connectivity index (χ1) is 8.24. The number of imidazole rings is 1. The van der Waals surface area contributed by atoms with Crippen LogP contribution in [0, 0.1) is 0 Å². The van der Waals surface area contributed by atoms with E-state index in [4.69, 9.17) is 5.73 Å². The molecule has 0 radical (unpaired) electrons. The molecule has 1 aliphatic rings. The van der Waals surface area contributed by atoms with Gasteiger partial charge < -0.3 is 10.3 Å². The predicted molar refractivity (Wildman–Crippen MR) is 82.0 cm³/mol. The van der Waals surface area contributed by atoms with Crippen LogP contribution < -0.4 is 5.73 Å². The molecule has 0 bridgehead atoms. The summed E-state index contributed by atoms with van der Waals surface area (Å²) in [5, 5.41) is 0. The fraction of sp³-hybridized carbons (Fsp3) is 0.357.